The smallest absolute Gasteiger partial charge is 0.233 e. The fourth-order valence-corrected chi connectivity index (χ4v) is 2.55. The van der Waals surface area contributed by atoms with Gasteiger partial charge in [-0.3, -0.25) is 0 Å². The van der Waals surface area contributed by atoms with Gasteiger partial charge in [-0.1, -0.05) is 43.7 Å². The number of hydrogen-bond acceptors (Lipinski definition) is 3. The van der Waals surface area contributed by atoms with Crippen LogP contribution in [0.1, 0.15) is 25.3 Å². The van der Waals surface area contributed by atoms with Gasteiger partial charge in [0.25, 0.3) is 0 Å². The lowest BCUT2D eigenvalue weighted by Gasteiger charge is -2.13. The number of aliphatic hydroxyl groups excluding tert-OH is 1. The summed E-state index contributed by atoms with van der Waals surface area (Å²) in [5.74, 6) is 0.171. The Balaban J connectivity index is 2.54. The predicted octanol–water partition coefficient (Wildman–Crippen LogP) is 1.99. The minimum atomic E-state index is -3.42. The minimum absolute atomic E-state index is 0.0834. The van der Waals surface area contributed by atoms with Gasteiger partial charge in [0.1, 0.15) is 0 Å². The van der Waals surface area contributed by atoms with Crippen LogP contribution in [-0.4, -0.2) is 26.7 Å². The molecule has 0 spiro atoms. The van der Waals surface area contributed by atoms with Crippen molar-refractivity contribution in [3.05, 3.63) is 41.3 Å². The molecule has 0 heterocycles. The summed E-state index contributed by atoms with van der Waals surface area (Å²) in [7, 11) is -3.42. The van der Waals surface area contributed by atoms with Crippen molar-refractivity contribution in [1.82, 2.24) is 4.72 Å². The maximum absolute atomic E-state index is 11.8. The minimum Gasteiger partial charge on any atom is -0.396 e. The van der Waals surface area contributed by atoms with Gasteiger partial charge in [-0.15, -0.1) is 0 Å². The van der Waals surface area contributed by atoms with E-state index in [0.717, 1.165) is 12.0 Å². The normalized spacial score (nSPS) is 13.8. The van der Waals surface area contributed by atoms with Crippen molar-refractivity contribution in [3.63, 3.8) is 0 Å². The number of benzene rings is 1. The lowest BCUT2D eigenvalue weighted by Crippen LogP contribution is -2.28. The van der Waals surface area contributed by atoms with E-state index in [-0.39, 0.29) is 12.5 Å². The quantitative estimate of drug-likeness (QED) is 0.766. The van der Waals surface area contributed by atoms with Gasteiger partial charge >= 0.3 is 0 Å². The summed E-state index contributed by atoms with van der Waals surface area (Å²) in [4.78, 5) is 0. The Labute approximate surface area is 115 Å². The summed E-state index contributed by atoms with van der Waals surface area (Å²) in [6.07, 6.45) is 3.02. The average Bonchev–Trinajstić information content (AvgIpc) is 2.42. The number of nitrogens with one attached hydrogen (secondary N) is 1. The third-order valence-corrected chi connectivity index (χ3v) is 3.99. The molecule has 0 saturated carbocycles. The second-order valence-electron chi connectivity index (χ2n) is 4.39. The molecule has 5 heteroatoms. The molecule has 2 N–H and O–H groups in total. The summed E-state index contributed by atoms with van der Waals surface area (Å²) in [5.41, 5.74) is 0.843. The van der Waals surface area contributed by atoms with Gasteiger partial charge in [0.15, 0.2) is 0 Å². The highest BCUT2D eigenvalue weighted by atomic mass is 32.2. The molecular weight excluding hydrogens is 262 g/mol. The lowest BCUT2D eigenvalue weighted by atomic mass is 10.0. The zero-order valence-electron chi connectivity index (χ0n) is 11.1. The maximum atomic E-state index is 11.8. The Morgan fingerprint density at radius 1 is 1.32 bits per heavy atom. The number of hydrogen-bond donors (Lipinski definition) is 2. The molecule has 1 aromatic rings. The molecule has 4 nitrogen and oxygen atoms in total. The summed E-state index contributed by atoms with van der Waals surface area (Å²) in [6.45, 7) is 2.42. The van der Waals surface area contributed by atoms with Crippen LogP contribution in [0.3, 0.4) is 0 Å². The summed E-state index contributed by atoms with van der Waals surface area (Å²) in [6, 6.07) is 9.27. The molecule has 0 amide bonds. The topological polar surface area (TPSA) is 66.4 Å². The average molecular weight is 283 g/mol. The van der Waals surface area contributed by atoms with E-state index in [1.165, 1.54) is 5.41 Å². The first-order valence-corrected chi connectivity index (χ1v) is 7.95. The van der Waals surface area contributed by atoms with E-state index in [1.807, 2.05) is 37.3 Å². The predicted molar refractivity (Wildman–Crippen MR) is 77.9 cm³/mol. The van der Waals surface area contributed by atoms with Crippen molar-refractivity contribution in [1.29, 1.82) is 0 Å². The summed E-state index contributed by atoms with van der Waals surface area (Å²) in [5, 5.41) is 10.0. The number of sulfonamides is 1. The first-order chi connectivity index (χ1) is 9.07. The van der Waals surface area contributed by atoms with Crippen molar-refractivity contribution in [2.24, 2.45) is 5.92 Å². The Morgan fingerprint density at radius 2 is 2.00 bits per heavy atom. The van der Waals surface area contributed by atoms with Gasteiger partial charge in [0.05, 0.1) is 0 Å². The van der Waals surface area contributed by atoms with E-state index in [2.05, 4.69) is 4.72 Å². The first kappa shape index (κ1) is 15.9. The maximum Gasteiger partial charge on any atom is 0.233 e. The third kappa shape index (κ3) is 6.52. The van der Waals surface area contributed by atoms with Crippen LogP contribution >= 0.6 is 0 Å². The Bertz CT molecular complexity index is 483. The molecule has 19 heavy (non-hydrogen) atoms. The van der Waals surface area contributed by atoms with Crippen molar-refractivity contribution >= 4 is 16.1 Å². The van der Waals surface area contributed by atoms with Gasteiger partial charge in [-0.05, 0) is 24.0 Å². The lowest BCUT2D eigenvalue weighted by molar-refractivity contribution is 0.254. The van der Waals surface area contributed by atoms with E-state index in [9.17, 15) is 8.42 Å². The highest BCUT2D eigenvalue weighted by Crippen LogP contribution is 2.07. The molecule has 1 rings (SSSR count). The molecule has 1 aromatic carbocycles. The molecule has 0 aliphatic rings. The monoisotopic (exact) mass is 283 g/mol. The van der Waals surface area contributed by atoms with Gasteiger partial charge in [0, 0.05) is 18.6 Å². The molecule has 0 radical (unpaired) electrons. The molecule has 0 saturated heterocycles. The molecule has 0 aliphatic carbocycles. The van der Waals surface area contributed by atoms with Crippen LogP contribution in [-0.2, 0) is 10.0 Å². The van der Waals surface area contributed by atoms with Gasteiger partial charge in [-0.25, -0.2) is 13.1 Å². The highest BCUT2D eigenvalue weighted by Gasteiger charge is 2.10. The zero-order chi connectivity index (χ0) is 14.1. The van der Waals surface area contributed by atoms with E-state index in [0.29, 0.717) is 13.0 Å². The molecule has 106 valence electrons. The van der Waals surface area contributed by atoms with Crippen molar-refractivity contribution in [3.8, 4) is 0 Å². The van der Waals surface area contributed by atoms with Crippen molar-refractivity contribution < 1.29 is 13.5 Å². The standard InChI is InChI=1S/C14H21NO3S/c1-2-13(8-10-16)12-15-19(17,18)11-9-14-6-4-3-5-7-14/h3-7,9,11,13,15-16H,2,8,10,12H2,1H3. The van der Waals surface area contributed by atoms with Gasteiger partial charge in [-0.2, -0.15) is 0 Å². The Kier molecular flexibility index (Phi) is 6.77. The van der Waals surface area contributed by atoms with E-state index in [4.69, 9.17) is 5.11 Å². The van der Waals surface area contributed by atoms with E-state index < -0.39 is 10.0 Å². The van der Waals surface area contributed by atoms with Crippen LogP contribution in [0, 0.1) is 5.92 Å². The van der Waals surface area contributed by atoms with Crippen molar-refractivity contribution in [2.75, 3.05) is 13.2 Å². The van der Waals surface area contributed by atoms with Crippen LogP contribution in [0.4, 0.5) is 0 Å². The first-order valence-electron chi connectivity index (χ1n) is 6.41. The fraction of sp³-hybridized carbons (Fsp3) is 0.429. The largest absolute Gasteiger partial charge is 0.396 e. The SMILES string of the molecule is CCC(CCO)CNS(=O)(=O)C=Cc1ccccc1. The molecule has 0 bridgehead atoms. The second-order valence-corrected chi connectivity index (χ2v) is 6.04. The highest BCUT2D eigenvalue weighted by molar-refractivity contribution is 7.92. The molecule has 0 fully saturated rings. The van der Waals surface area contributed by atoms with E-state index >= 15 is 0 Å². The molecular formula is C14H21NO3S. The second kappa shape index (κ2) is 8.09. The molecule has 0 aliphatic heterocycles. The van der Waals surface area contributed by atoms with Crippen LogP contribution in [0.2, 0.25) is 0 Å². The van der Waals surface area contributed by atoms with Crippen molar-refractivity contribution in [2.45, 2.75) is 19.8 Å². The number of rotatable bonds is 8. The van der Waals surface area contributed by atoms with E-state index in [1.54, 1.807) is 6.08 Å². The molecule has 0 aromatic heterocycles. The molecule has 1 atom stereocenters. The van der Waals surface area contributed by atoms with Crippen LogP contribution in [0.25, 0.3) is 6.08 Å². The summed E-state index contributed by atoms with van der Waals surface area (Å²) >= 11 is 0. The fourth-order valence-electron chi connectivity index (χ4n) is 1.65. The van der Waals surface area contributed by atoms with Crippen LogP contribution in [0.5, 0.6) is 0 Å². The zero-order valence-corrected chi connectivity index (χ0v) is 11.9. The molecule has 1 unspecified atom stereocenters. The van der Waals surface area contributed by atoms with Gasteiger partial charge in [0.2, 0.25) is 10.0 Å². The number of aliphatic hydroxyl groups is 1. The van der Waals surface area contributed by atoms with Gasteiger partial charge < -0.3 is 5.11 Å². The Morgan fingerprint density at radius 3 is 2.58 bits per heavy atom. The third-order valence-electron chi connectivity index (χ3n) is 2.93. The summed E-state index contributed by atoms with van der Waals surface area (Å²) < 4.78 is 26.1. The Hall–Kier alpha value is -1.17. The van der Waals surface area contributed by atoms with Crippen LogP contribution in [0.15, 0.2) is 35.7 Å². The van der Waals surface area contributed by atoms with Crippen LogP contribution < -0.4 is 4.72 Å².